The van der Waals surface area contributed by atoms with Gasteiger partial charge in [-0.25, -0.2) is 4.79 Å². The summed E-state index contributed by atoms with van der Waals surface area (Å²) in [7, 11) is 0. The lowest BCUT2D eigenvalue weighted by Gasteiger charge is -2.38. The van der Waals surface area contributed by atoms with E-state index in [0.29, 0.717) is 33.0 Å². The van der Waals surface area contributed by atoms with Crippen LogP contribution < -0.4 is 0 Å². The summed E-state index contributed by atoms with van der Waals surface area (Å²) < 4.78 is 0. The largest absolute Gasteiger partial charge is 0.478 e. The number of rotatable bonds is 7. The van der Waals surface area contributed by atoms with Crippen LogP contribution in [0.4, 0.5) is 0 Å². The molecule has 1 saturated carbocycles. The summed E-state index contributed by atoms with van der Waals surface area (Å²) in [6.07, 6.45) is 20.6. The molecule has 0 bridgehead atoms. The molecule has 5 nitrogen and oxygen atoms in total. The van der Waals surface area contributed by atoms with Crippen LogP contribution in [0.15, 0.2) is 54.6 Å². The molecule has 0 amide bonds. The first-order chi connectivity index (χ1) is 31.2. The summed E-state index contributed by atoms with van der Waals surface area (Å²) >= 11 is 0. The Hall–Kier alpha value is -2.21. The Morgan fingerprint density at radius 3 is 1.32 bits per heavy atom. The molecule has 0 radical (unpaired) electrons. The minimum absolute atomic E-state index is 0.192. The van der Waals surface area contributed by atoms with Crippen LogP contribution in [0, 0.1) is 28.1 Å². The van der Waals surface area contributed by atoms with Crippen molar-refractivity contribution in [2.24, 2.45) is 28.1 Å². The molecule has 3 fully saturated rings. The Labute approximate surface area is 425 Å². The molecule has 0 aromatic heterocycles. The maximum Gasteiger partial charge on any atom is 0.335 e. The fourth-order valence-corrected chi connectivity index (χ4v) is 9.47. The molecule has 3 aliphatic rings. The summed E-state index contributed by atoms with van der Waals surface area (Å²) in [5.41, 5.74) is 5.24. The van der Waals surface area contributed by atoms with Crippen LogP contribution in [0.25, 0.3) is 0 Å². The van der Waals surface area contributed by atoms with Crippen molar-refractivity contribution in [3.8, 4) is 0 Å². The molecule has 2 saturated heterocycles. The van der Waals surface area contributed by atoms with Crippen molar-refractivity contribution in [2.45, 2.75) is 258 Å². The third-order valence-corrected chi connectivity index (χ3v) is 13.5. The average molecular weight is 949 g/mol. The molecule has 5 rings (SSSR count). The van der Waals surface area contributed by atoms with E-state index < -0.39 is 5.97 Å². The minimum atomic E-state index is -0.860. The number of carbonyl (C=O) groups is 1. The molecule has 5 heteroatoms. The van der Waals surface area contributed by atoms with Crippen LogP contribution in [-0.4, -0.2) is 81.7 Å². The first-order valence-corrected chi connectivity index (χ1v) is 27.8. The van der Waals surface area contributed by atoms with Crippen LogP contribution in [0.3, 0.4) is 0 Å². The summed E-state index contributed by atoms with van der Waals surface area (Å²) in [4.78, 5) is 18.3. The topological polar surface area (TPSA) is 47.0 Å². The molecule has 2 aromatic rings. The summed E-state index contributed by atoms with van der Waals surface area (Å²) in [5, 5.41) is 8.81. The number of nitrogens with zero attached hydrogens (tertiary/aromatic N) is 3. The molecule has 0 spiro atoms. The normalized spacial score (nSPS) is 18.9. The highest BCUT2D eigenvalue weighted by molar-refractivity contribution is 5.87. The van der Waals surface area contributed by atoms with E-state index in [4.69, 9.17) is 5.11 Å². The molecule has 2 heterocycles. The van der Waals surface area contributed by atoms with Gasteiger partial charge in [0.15, 0.2) is 0 Å². The smallest absolute Gasteiger partial charge is 0.335 e. The van der Waals surface area contributed by atoms with E-state index in [1.807, 2.05) is 6.07 Å². The summed E-state index contributed by atoms with van der Waals surface area (Å²) in [6, 6.07) is 17.8. The van der Waals surface area contributed by atoms with Crippen molar-refractivity contribution >= 4 is 5.97 Å². The SMILES string of the molecule is CC(C)(C)CCc1ccccc1.CC(C)(C)Cc1cccc(C(=O)O)c1.CC(C)(C)N1CCCCC1.CC(C)(C)N1CCCCCC1.CC1CCC(CC(C)(C)C)CC1.CCN(CC)C(C)(C)C. The monoisotopic (exact) mass is 948 g/mol. The zero-order valence-electron chi connectivity index (χ0n) is 49.4. The highest BCUT2D eigenvalue weighted by Gasteiger charge is 2.24. The van der Waals surface area contributed by atoms with Gasteiger partial charge in [0.05, 0.1) is 5.56 Å². The molecule has 1 aliphatic carbocycles. The summed E-state index contributed by atoms with van der Waals surface area (Å²) in [5.74, 6) is 1.17. The molecule has 68 heavy (non-hydrogen) atoms. The van der Waals surface area contributed by atoms with Gasteiger partial charge in [0.1, 0.15) is 0 Å². The third-order valence-electron chi connectivity index (χ3n) is 13.5. The highest BCUT2D eigenvalue weighted by Crippen LogP contribution is 2.36. The number of benzene rings is 2. The Morgan fingerprint density at radius 1 is 0.559 bits per heavy atom. The fourth-order valence-electron chi connectivity index (χ4n) is 9.47. The molecule has 1 N–H and O–H groups in total. The van der Waals surface area contributed by atoms with E-state index in [0.717, 1.165) is 36.9 Å². The van der Waals surface area contributed by atoms with Crippen LogP contribution >= 0.6 is 0 Å². The highest BCUT2D eigenvalue weighted by atomic mass is 16.4. The van der Waals surface area contributed by atoms with Crippen molar-refractivity contribution in [1.82, 2.24) is 14.7 Å². The van der Waals surface area contributed by atoms with Crippen molar-refractivity contribution in [3.05, 3.63) is 71.3 Å². The maximum absolute atomic E-state index is 10.7. The van der Waals surface area contributed by atoms with E-state index in [1.54, 1.807) is 18.2 Å². The lowest BCUT2D eigenvalue weighted by atomic mass is 9.75. The second-order valence-corrected chi connectivity index (χ2v) is 27.3. The number of likely N-dealkylation sites (tertiary alicyclic amines) is 2. The lowest BCUT2D eigenvalue weighted by Crippen LogP contribution is -2.44. The average Bonchev–Trinajstić information content (AvgIpc) is 3.52. The van der Waals surface area contributed by atoms with Gasteiger partial charge in [0, 0.05) is 16.6 Å². The van der Waals surface area contributed by atoms with Crippen LogP contribution in [-0.2, 0) is 12.8 Å². The Morgan fingerprint density at radius 2 is 0.985 bits per heavy atom. The number of aromatic carboxylic acids is 1. The zero-order valence-corrected chi connectivity index (χ0v) is 49.4. The van der Waals surface area contributed by atoms with Gasteiger partial charge in [0.25, 0.3) is 0 Å². The number of hydrogen-bond acceptors (Lipinski definition) is 4. The molecule has 0 atom stereocenters. The predicted molar refractivity (Wildman–Crippen MR) is 304 cm³/mol. The van der Waals surface area contributed by atoms with Gasteiger partial charge < -0.3 is 5.11 Å². The lowest BCUT2D eigenvalue weighted by molar-refractivity contribution is 0.0696. The van der Waals surface area contributed by atoms with E-state index >= 15 is 0 Å². The second-order valence-electron chi connectivity index (χ2n) is 27.3. The predicted octanol–water partition coefficient (Wildman–Crippen LogP) is 17.9. The van der Waals surface area contributed by atoms with Crippen LogP contribution in [0.1, 0.15) is 250 Å². The third kappa shape index (κ3) is 35.0. The van der Waals surface area contributed by atoms with Gasteiger partial charge in [-0.1, -0.05) is 170 Å². The van der Waals surface area contributed by atoms with Gasteiger partial charge in [-0.15, -0.1) is 0 Å². The number of piperidine rings is 1. The van der Waals surface area contributed by atoms with Crippen molar-refractivity contribution in [1.29, 1.82) is 0 Å². The molecule has 2 aromatic carbocycles. The molecule has 0 unspecified atom stereocenters. The number of hydrogen-bond donors (Lipinski definition) is 1. The van der Waals surface area contributed by atoms with Crippen molar-refractivity contribution in [3.63, 3.8) is 0 Å². The number of carboxylic acids is 1. The van der Waals surface area contributed by atoms with E-state index in [9.17, 15) is 4.79 Å². The van der Waals surface area contributed by atoms with Gasteiger partial charge in [-0.05, 0) is 204 Å². The first kappa shape index (κ1) is 65.8. The van der Waals surface area contributed by atoms with E-state index in [1.165, 1.54) is 122 Å². The van der Waals surface area contributed by atoms with Gasteiger partial charge >= 0.3 is 5.97 Å². The molecular formula is C63H117N3O2. The second kappa shape index (κ2) is 32.0. The fraction of sp³-hybridized carbons (Fsp3) is 0.794. The van der Waals surface area contributed by atoms with Crippen molar-refractivity contribution in [2.75, 3.05) is 39.3 Å². The standard InChI is InChI=1S/C12H16O2.C12H24.C12H18.C10H21N.C9H19N.C8H19N/c1-12(2,3)8-9-5-4-6-10(7-9)11(13)14;1-10-5-7-11(8-6-10)9-12(2,3)4;1-12(2,3)10-9-11-7-5-4-6-8-11;1-10(2,3)11-8-6-4-5-7-9-11;1-9(2,3)10-7-5-4-6-8-10;1-6-9(7-2)8(3,4)5/h4-7H,8H2,1-3H3,(H,13,14);10-11H,5-9H2,1-4H3;4-8H,9-10H2,1-3H3;4-9H2,1-3H3;4-8H2,1-3H3;6-7H2,1-5H3. The Balaban J connectivity index is 0.000000797. The Bertz CT molecular complexity index is 1530. The maximum atomic E-state index is 10.7. The molecular weight excluding hydrogens is 831 g/mol. The van der Waals surface area contributed by atoms with Gasteiger partial charge in [-0.3, -0.25) is 14.7 Å². The van der Waals surface area contributed by atoms with Gasteiger partial charge in [0.2, 0.25) is 0 Å². The quantitative estimate of drug-likeness (QED) is 0.300. The number of aryl methyl sites for hydroxylation is 1. The van der Waals surface area contributed by atoms with Crippen LogP contribution in [0.5, 0.6) is 0 Å². The van der Waals surface area contributed by atoms with E-state index in [2.05, 4.69) is 190 Å². The molecule has 2 aliphatic heterocycles. The van der Waals surface area contributed by atoms with Gasteiger partial charge in [-0.2, -0.15) is 0 Å². The Kier molecular flexibility index (Phi) is 30.9. The van der Waals surface area contributed by atoms with Crippen LogP contribution in [0.2, 0.25) is 0 Å². The van der Waals surface area contributed by atoms with Crippen molar-refractivity contribution < 1.29 is 9.90 Å². The zero-order chi connectivity index (χ0) is 52.4. The minimum Gasteiger partial charge on any atom is -0.478 e. The first-order valence-electron chi connectivity index (χ1n) is 27.8. The molecule has 396 valence electrons. The summed E-state index contributed by atoms with van der Waals surface area (Å²) in [6.45, 7) is 55.3. The van der Waals surface area contributed by atoms with E-state index in [-0.39, 0.29) is 5.41 Å². The number of carboxylic acid groups (broad SMARTS) is 1.